The molecule has 0 amide bonds. The zero-order valence-corrected chi connectivity index (χ0v) is 15.7. The Kier molecular flexibility index (Phi) is 4.68. The third-order valence-corrected chi connectivity index (χ3v) is 5.20. The number of aromatic nitrogens is 1. The van der Waals surface area contributed by atoms with E-state index in [2.05, 4.69) is 17.9 Å². The van der Waals surface area contributed by atoms with Gasteiger partial charge in [0.05, 0.1) is 16.8 Å². The summed E-state index contributed by atoms with van der Waals surface area (Å²) in [6.45, 7) is 4.24. The van der Waals surface area contributed by atoms with Gasteiger partial charge in [-0.25, -0.2) is 9.78 Å². The summed E-state index contributed by atoms with van der Waals surface area (Å²) in [6.07, 6.45) is 2.07. The summed E-state index contributed by atoms with van der Waals surface area (Å²) < 4.78 is 0. The summed E-state index contributed by atoms with van der Waals surface area (Å²) in [5.74, 6) is -0.909. The number of carboxylic acid groups (broad SMARTS) is 1. The van der Waals surface area contributed by atoms with E-state index in [4.69, 9.17) is 16.6 Å². The summed E-state index contributed by atoms with van der Waals surface area (Å²) in [5.41, 5.74) is 4.68. The van der Waals surface area contributed by atoms with E-state index < -0.39 is 5.97 Å². The summed E-state index contributed by atoms with van der Waals surface area (Å²) >= 11 is 6.00. The van der Waals surface area contributed by atoms with Crippen LogP contribution in [0.2, 0.25) is 5.02 Å². The third-order valence-electron chi connectivity index (χ3n) is 4.95. The summed E-state index contributed by atoms with van der Waals surface area (Å²) in [7, 11) is 0. The molecule has 1 N–H and O–H groups in total. The minimum absolute atomic E-state index is 0.357. The van der Waals surface area contributed by atoms with Crippen LogP contribution in [0.1, 0.15) is 34.1 Å². The van der Waals surface area contributed by atoms with Crippen molar-refractivity contribution in [2.75, 3.05) is 13.1 Å². The van der Waals surface area contributed by atoms with Gasteiger partial charge in [0.15, 0.2) is 0 Å². The molecule has 0 bridgehead atoms. The molecule has 0 saturated heterocycles. The van der Waals surface area contributed by atoms with Crippen molar-refractivity contribution >= 4 is 40.1 Å². The molecular formula is C22H19ClN2O2. The predicted molar refractivity (Wildman–Crippen MR) is 109 cm³/mol. The lowest BCUT2D eigenvalue weighted by Crippen LogP contribution is -2.31. The highest BCUT2D eigenvalue weighted by molar-refractivity contribution is 6.30. The first-order valence-electron chi connectivity index (χ1n) is 8.90. The molecule has 0 spiro atoms. The number of hydrogen-bond donors (Lipinski definition) is 1. The van der Waals surface area contributed by atoms with E-state index in [-0.39, 0.29) is 0 Å². The van der Waals surface area contributed by atoms with Crippen molar-refractivity contribution in [2.45, 2.75) is 13.5 Å². The van der Waals surface area contributed by atoms with Crippen molar-refractivity contribution in [3.63, 3.8) is 0 Å². The van der Waals surface area contributed by atoms with E-state index in [1.165, 1.54) is 0 Å². The molecular weight excluding hydrogens is 360 g/mol. The van der Waals surface area contributed by atoms with Gasteiger partial charge in [0.1, 0.15) is 0 Å². The van der Waals surface area contributed by atoms with Gasteiger partial charge in [-0.1, -0.05) is 48.9 Å². The Hall–Kier alpha value is -2.69. The maximum atomic E-state index is 12.1. The Morgan fingerprint density at radius 3 is 2.63 bits per heavy atom. The summed E-state index contributed by atoms with van der Waals surface area (Å²) in [4.78, 5) is 19.2. The number of likely N-dealkylation sites (N-methyl/N-ethyl adjacent to an activating group) is 1. The number of aromatic carboxylic acids is 1. The van der Waals surface area contributed by atoms with Crippen LogP contribution in [0.25, 0.3) is 22.6 Å². The highest BCUT2D eigenvalue weighted by Crippen LogP contribution is 2.34. The number of fused-ring (bicyclic) bond motifs is 2. The zero-order chi connectivity index (χ0) is 19.0. The maximum absolute atomic E-state index is 12.1. The standard InChI is InChI=1S/C22H19ClN2O2/c1-2-25-12-15(11-14-7-9-16(23)10-8-14)21-18(13-25)20(22(26)27)17-5-3-4-6-19(17)24-21/h3-11H,2,12-13H2,1H3,(H,26,27). The van der Waals surface area contributed by atoms with E-state index in [1.54, 1.807) is 0 Å². The lowest BCUT2D eigenvalue weighted by atomic mass is 9.92. The fourth-order valence-corrected chi connectivity index (χ4v) is 3.73. The molecule has 1 aliphatic heterocycles. The Morgan fingerprint density at radius 1 is 1.19 bits per heavy atom. The van der Waals surface area contributed by atoms with Crippen LogP contribution in [-0.4, -0.2) is 34.0 Å². The van der Waals surface area contributed by atoms with E-state index in [0.29, 0.717) is 28.0 Å². The lowest BCUT2D eigenvalue weighted by molar-refractivity contribution is 0.0696. The summed E-state index contributed by atoms with van der Waals surface area (Å²) in [5, 5.41) is 11.3. The molecule has 5 heteroatoms. The molecule has 27 heavy (non-hydrogen) atoms. The van der Waals surface area contributed by atoms with Gasteiger partial charge in [-0.05, 0) is 42.0 Å². The molecule has 1 aliphatic rings. The van der Waals surface area contributed by atoms with Gasteiger partial charge in [0.25, 0.3) is 0 Å². The molecule has 4 nitrogen and oxygen atoms in total. The number of carbonyl (C=O) groups is 1. The average molecular weight is 379 g/mol. The molecule has 0 aliphatic carbocycles. The topological polar surface area (TPSA) is 53.4 Å². The molecule has 136 valence electrons. The molecule has 4 rings (SSSR count). The number of nitrogens with zero attached hydrogens (tertiary/aromatic N) is 2. The molecule has 2 aromatic carbocycles. The molecule has 2 heterocycles. The second-order valence-corrected chi connectivity index (χ2v) is 7.10. The minimum Gasteiger partial charge on any atom is -0.478 e. The van der Waals surface area contributed by atoms with Gasteiger partial charge in [0, 0.05) is 29.1 Å². The number of rotatable bonds is 3. The number of carboxylic acids is 1. The first kappa shape index (κ1) is 17.7. The lowest BCUT2D eigenvalue weighted by Gasteiger charge is -2.30. The molecule has 0 atom stereocenters. The number of benzene rings is 2. The van der Waals surface area contributed by atoms with Crippen LogP contribution in [0.15, 0.2) is 48.5 Å². The van der Waals surface area contributed by atoms with Gasteiger partial charge < -0.3 is 5.11 Å². The zero-order valence-electron chi connectivity index (χ0n) is 14.9. The highest BCUT2D eigenvalue weighted by Gasteiger charge is 2.27. The molecule has 1 aromatic heterocycles. The Balaban J connectivity index is 1.97. The maximum Gasteiger partial charge on any atom is 0.336 e. The van der Waals surface area contributed by atoms with E-state index in [9.17, 15) is 9.90 Å². The smallest absolute Gasteiger partial charge is 0.336 e. The van der Waals surface area contributed by atoms with Crippen LogP contribution in [0.3, 0.4) is 0 Å². The number of halogens is 1. The van der Waals surface area contributed by atoms with Crippen LogP contribution in [-0.2, 0) is 6.54 Å². The number of para-hydroxylation sites is 1. The van der Waals surface area contributed by atoms with E-state index >= 15 is 0 Å². The first-order chi connectivity index (χ1) is 13.1. The van der Waals surface area contributed by atoms with Crippen LogP contribution in [0.4, 0.5) is 0 Å². The average Bonchev–Trinajstić information content (AvgIpc) is 2.67. The van der Waals surface area contributed by atoms with Crippen molar-refractivity contribution in [3.8, 4) is 0 Å². The number of hydrogen-bond acceptors (Lipinski definition) is 3. The van der Waals surface area contributed by atoms with Crippen molar-refractivity contribution in [3.05, 3.63) is 75.9 Å². The van der Waals surface area contributed by atoms with Crippen molar-refractivity contribution in [1.29, 1.82) is 0 Å². The van der Waals surface area contributed by atoms with Gasteiger partial charge in [-0.3, -0.25) is 4.90 Å². The Morgan fingerprint density at radius 2 is 1.93 bits per heavy atom. The SMILES string of the molecule is CCN1CC(=Cc2ccc(Cl)cc2)c2nc3ccccc3c(C(=O)O)c2C1. The van der Waals surface area contributed by atoms with E-state index in [1.807, 2.05) is 48.5 Å². The van der Waals surface area contributed by atoms with E-state index in [0.717, 1.165) is 35.5 Å². The van der Waals surface area contributed by atoms with Crippen molar-refractivity contribution in [1.82, 2.24) is 9.88 Å². The van der Waals surface area contributed by atoms with Crippen LogP contribution >= 0.6 is 11.6 Å². The van der Waals surface area contributed by atoms with Crippen LogP contribution in [0.5, 0.6) is 0 Å². The monoisotopic (exact) mass is 378 g/mol. The molecule has 0 unspecified atom stereocenters. The number of pyridine rings is 1. The second kappa shape index (κ2) is 7.14. The van der Waals surface area contributed by atoms with Gasteiger partial charge in [-0.2, -0.15) is 0 Å². The van der Waals surface area contributed by atoms with Gasteiger partial charge in [-0.15, -0.1) is 0 Å². The normalized spacial score (nSPS) is 15.9. The van der Waals surface area contributed by atoms with Gasteiger partial charge >= 0.3 is 5.97 Å². The van der Waals surface area contributed by atoms with Gasteiger partial charge in [0.2, 0.25) is 0 Å². The minimum atomic E-state index is -0.909. The molecule has 0 saturated carbocycles. The summed E-state index contributed by atoms with van der Waals surface area (Å²) in [6, 6.07) is 15.1. The molecule has 0 radical (unpaired) electrons. The predicted octanol–water partition coefficient (Wildman–Crippen LogP) is 4.96. The van der Waals surface area contributed by atoms with Crippen molar-refractivity contribution in [2.24, 2.45) is 0 Å². The fourth-order valence-electron chi connectivity index (χ4n) is 3.61. The quantitative estimate of drug-likeness (QED) is 0.699. The Labute approximate surface area is 162 Å². The molecule has 3 aromatic rings. The third kappa shape index (κ3) is 3.34. The largest absolute Gasteiger partial charge is 0.478 e. The second-order valence-electron chi connectivity index (χ2n) is 6.66. The van der Waals surface area contributed by atoms with Crippen molar-refractivity contribution < 1.29 is 9.90 Å². The van der Waals surface area contributed by atoms with Crippen LogP contribution in [0, 0.1) is 0 Å². The first-order valence-corrected chi connectivity index (χ1v) is 9.28. The fraction of sp³-hybridized carbons (Fsp3) is 0.182. The highest BCUT2D eigenvalue weighted by atomic mass is 35.5. The van der Waals surface area contributed by atoms with Crippen LogP contribution < -0.4 is 0 Å². The molecule has 0 fully saturated rings. The Bertz CT molecular complexity index is 1060.